The number of rotatable bonds is 4. The summed E-state index contributed by atoms with van der Waals surface area (Å²) in [5.41, 5.74) is 3.78. The summed E-state index contributed by atoms with van der Waals surface area (Å²) >= 11 is 3.49. The Labute approximate surface area is 195 Å². The number of carbonyl (C=O) groups is 1. The van der Waals surface area contributed by atoms with Gasteiger partial charge in [-0.2, -0.15) is 16.4 Å². The predicted molar refractivity (Wildman–Crippen MR) is 132 cm³/mol. The predicted octanol–water partition coefficient (Wildman–Crippen LogP) is 5.77. The Morgan fingerprint density at radius 2 is 1.88 bits per heavy atom. The molecule has 3 atom stereocenters. The fourth-order valence-corrected chi connectivity index (χ4v) is 7.11. The molecule has 7 heteroatoms. The van der Waals surface area contributed by atoms with Crippen LogP contribution in [0.25, 0.3) is 31.8 Å². The van der Waals surface area contributed by atoms with Crippen molar-refractivity contribution in [2.75, 3.05) is 7.05 Å². The van der Waals surface area contributed by atoms with Gasteiger partial charge in [0, 0.05) is 38.8 Å². The molecule has 1 aromatic carbocycles. The fraction of sp³-hybridized carbons (Fsp3) is 0.360. The molecule has 6 rings (SSSR count). The van der Waals surface area contributed by atoms with Gasteiger partial charge in [0.05, 0.1) is 5.52 Å². The number of aromatic amines is 1. The molecule has 2 bridgehead atoms. The smallest absolute Gasteiger partial charge is 0.272 e. The van der Waals surface area contributed by atoms with Crippen molar-refractivity contribution in [3.05, 3.63) is 52.9 Å². The number of fused-ring (bicyclic) bond motifs is 3. The van der Waals surface area contributed by atoms with Crippen molar-refractivity contribution in [1.82, 2.24) is 20.4 Å². The Hall–Kier alpha value is -2.48. The number of aromatic nitrogens is 2. The van der Waals surface area contributed by atoms with Crippen molar-refractivity contribution < 1.29 is 4.79 Å². The second-order valence-corrected chi connectivity index (χ2v) is 10.9. The van der Waals surface area contributed by atoms with Crippen LogP contribution in [0.3, 0.4) is 0 Å². The van der Waals surface area contributed by atoms with Crippen molar-refractivity contribution in [1.29, 1.82) is 0 Å². The van der Waals surface area contributed by atoms with Crippen LogP contribution in [0.2, 0.25) is 0 Å². The number of benzene rings is 1. The molecule has 0 spiro atoms. The monoisotopic (exact) mass is 462 g/mol. The number of amides is 1. The number of H-pyrrole nitrogens is 1. The molecule has 5 heterocycles. The summed E-state index contributed by atoms with van der Waals surface area (Å²) in [5, 5.41) is 15.9. The maximum Gasteiger partial charge on any atom is 0.272 e. The van der Waals surface area contributed by atoms with Crippen LogP contribution in [0.1, 0.15) is 42.6 Å². The lowest BCUT2D eigenvalue weighted by Crippen LogP contribution is -2.55. The van der Waals surface area contributed by atoms with E-state index >= 15 is 0 Å². The molecule has 32 heavy (non-hydrogen) atoms. The van der Waals surface area contributed by atoms with Gasteiger partial charge >= 0.3 is 0 Å². The lowest BCUT2D eigenvalue weighted by atomic mass is 9.82. The SMILES string of the molecule is CN1[C@@H]2CCC[C@H]1C[C@@H](NC(=O)c1n[nH]c3ccc(-c4ccc(-c5ccsc5)s4)cc13)C2. The van der Waals surface area contributed by atoms with Crippen LogP contribution < -0.4 is 5.32 Å². The first kappa shape index (κ1) is 20.1. The van der Waals surface area contributed by atoms with Crippen LogP contribution in [0.5, 0.6) is 0 Å². The lowest BCUT2D eigenvalue weighted by Gasteiger charge is -2.47. The minimum atomic E-state index is -0.0637. The Kier molecular flexibility index (Phi) is 5.12. The van der Waals surface area contributed by atoms with E-state index in [0.29, 0.717) is 17.8 Å². The third-order valence-corrected chi connectivity index (χ3v) is 9.02. The summed E-state index contributed by atoms with van der Waals surface area (Å²) in [6.45, 7) is 0. The van der Waals surface area contributed by atoms with Gasteiger partial charge in [-0.1, -0.05) is 12.5 Å². The Morgan fingerprint density at radius 1 is 1.09 bits per heavy atom. The van der Waals surface area contributed by atoms with Gasteiger partial charge in [-0.05, 0) is 79.4 Å². The van der Waals surface area contributed by atoms with Crippen LogP contribution in [0.4, 0.5) is 0 Å². The van der Waals surface area contributed by atoms with E-state index in [1.54, 1.807) is 22.7 Å². The van der Waals surface area contributed by atoms with Gasteiger partial charge in [-0.15, -0.1) is 11.3 Å². The van der Waals surface area contributed by atoms with Crippen LogP contribution in [-0.2, 0) is 0 Å². The normalized spacial score (nSPS) is 23.5. The number of piperidine rings is 2. The van der Waals surface area contributed by atoms with Crippen molar-refractivity contribution in [3.63, 3.8) is 0 Å². The van der Waals surface area contributed by atoms with Crippen LogP contribution in [0.15, 0.2) is 47.2 Å². The first-order chi connectivity index (χ1) is 15.7. The van der Waals surface area contributed by atoms with E-state index in [0.717, 1.165) is 29.3 Å². The van der Waals surface area contributed by atoms with Crippen LogP contribution >= 0.6 is 22.7 Å². The molecule has 1 amide bonds. The number of nitrogens with one attached hydrogen (secondary N) is 2. The quantitative estimate of drug-likeness (QED) is 0.405. The molecule has 0 saturated carbocycles. The molecular weight excluding hydrogens is 436 g/mol. The summed E-state index contributed by atoms with van der Waals surface area (Å²) in [7, 11) is 2.24. The number of carbonyl (C=O) groups excluding carboxylic acids is 1. The molecule has 2 N–H and O–H groups in total. The zero-order chi connectivity index (χ0) is 21.7. The van der Waals surface area contributed by atoms with E-state index in [1.165, 1.54) is 34.6 Å². The molecule has 0 radical (unpaired) electrons. The highest BCUT2D eigenvalue weighted by Gasteiger charge is 2.36. The highest BCUT2D eigenvalue weighted by molar-refractivity contribution is 7.19. The first-order valence-electron chi connectivity index (χ1n) is 11.3. The number of thiophene rings is 2. The fourth-order valence-electron chi connectivity index (χ4n) is 5.38. The van der Waals surface area contributed by atoms with E-state index in [2.05, 4.69) is 68.6 Å². The minimum absolute atomic E-state index is 0.0637. The summed E-state index contributed by atoms with van der Waals surface area (Å²) in [6, 6.07) is 14.1. The van der Waals surface area contributed by atoms with E-state index in [-0.39, 0.29) is 11.9 Å². The third-order valence-electron chi connectivity index (χ3n) is 7.15. The molecule has 0 unspecified atom stereocenters. The Bertz CT molecular complexity index is 1240. The van der Waals surface area contributed by atoms with Crippen molar-refractivity contribution >= 4 is 39.5 Å². The Balaban J connectivity index is 1.25. The standard InChI is InChI=1S/C25H26N4OS2/c1-29-18-3-2-4-19(29)13-17(12-18)26-25(30)24-20-11-15(5-6-21(20)27-28-24)22-7-8-23(32-22)16-9-10-31-14-16/h5-11,14,17-19H,2-4,12-13H2,1H3,(H,26,30)(H,27,28)/t17-,18+,19-. The highest BCUT2D eigenvalue weighted by Crippen LogP contribution is 2.37. The van der Waals surface area contributed by atoms with E-state index in [4.69, 9.17) is 0 Å². The van der Waals surface area contributed by atoms with E-state index in [9.17, 15) is 4.79 Å². The van der Waals surface area contributed by atoms with Gasteiger partial charge in [0.25, 0.3) is 5.91 Å². The van der Waals surface area contributed by atoms with Crippen molar-refractivity contribution in [2.24, 2.45) is 0 Å². The molecule has 2 aliphatic heterocycles. The van der Waals surface area contributed by atoms with E-state index < -0.39 is 0 Å². The molecule has 2 fully saturated rings. The number of hydrogen-bond donors (Lipinski definition) is 2. The zero-order valence-corrected chi connectivity index (χ0v) is 19.6. The average Bonchev–Trinajstić information content (AvgIpc) is 3.53. The second kappa shape index (κ2) is 8.14. The molecule has 164 valence electrons. The molecule has 2 aliphatic rings. The number of hydrogen-bond acceptors (Lipinski definition) is 5. The summed E-state index contributed by atoms with van der Waals surface area (Å²) in [5.74, 6) is -0.0637. The largest absolute Gasteiger partial charge is 0.348 e. The maximum absolute atomic E-state index is 13.2. The molecular formula is C25H26N4OS2. The zero-order valence-electron chi connectivity index (χ0n) is 18.0. The molecule has 0 aliphatic carbocycles. The highest BCUT2D eigenvalue weighted by atomic mass is 32.1. The van der Waals surface area contributed by atoms with Crippen LogP contribution in [0, 0.1) is 0 Å². The molecule has 4 aromatic rings. The number of nitrogens with zero attached hydrogens (tertiary/aromatic N) is 2. The topological polar surface area (TPSA) is 61.0 Å². The Morgan fingerprint density at radius 3 is 2.62 bits per heavy atom. The maximum atomic E-state index is 13.2. The molecule has 3 aromatic heterocycles. The van der Waals surface area contributed by atoms with Gasteiger partial charge < -0.3 is 10.2 Å². The second-order valence-electron chi connectivity index (χ2n) is 9.05. The summed E-state index contributed by atoms with van der Waals surface area (Å²) in [4.78, 5) is 18.2. The van der Waals surface area contributed by atoms with Crippen molar-refractivity contribution in [3.8, 4) is 20.9 Å². The summed E-state index contributed by atoms with van der Waals surface area (Å²) < 4.78 is 0. The van der Waals surface area contributed by atoms with Crippen LogP contribution in [-0.4, -0.2) is 46.2 Å². The molecule has 2 saturated heterocycles. The average molecular weight is 463 g/mol. The van der Waals surface area contributed by atoms with Gasteiger partial charge in [-0.25, -0.2) is 0 Å². The van der Waals surface area contributed by atoms with Gasteiger partial charge in [-0.3, -0.25) is 9.89 Å². The van der Waals surface area contributed by atoms with E-state index in [1.807, 2.05) is 6.07 Å². The third kappa shape index (κ3) is 3.58. The summed E-state index contributed by atoms with van der Waals surface area (Å²) in [6.07, 6.45) is 5.86. The molecule has 5 nitrogen and oxygen atoms in total. The minimum Gasteiger partial charge on any atom is -0.348 e. The first-order valence-corrected chi connectivity index (χ1v) is 13.1. The van der Waals surface area contributed by atoms with Gasteiger partial charge in [0.2, 0.25) is 0 Å². The van der Waals surface area contributed by atoms with Crippen molar-refractivity contribution in [2.45, 2.75) is 50.2 Å². The lowest BCUT2D eigenvalue weighted by molar-refractivity contribution is 0.0462. The van der Waals surface area contributed by atoms with Gasteiger partial charge in [0.15, 0.2) is 5.69 Å². The van der Waals surface area contributed by atoms with Gasteiger partial charge in [0.1, 0.15) is 0 Å².